The summed E-state index contributed by atoms with van der Waals surface area (Å²) in [6.07, 6.45) is 1.15. The SMILES string of the molecule is CCc1ccsc1CN(C)CCNC(C)(C)C. The lowest BCUT2D eigenvalue weighted by Crippen LogP contribution is -2.40. The minimum absolute atomic E-state index is 0.221. The van der Waals surface area contributed by atoms with Crippen LogP contribution in [0.2, 0.25) is 0 Å². The summed E-state index contributed by atoms with van der Waals surface area (Å²) in [5, 5.41) is 5.73. The second kappa shape index (κ2) is 6.53. The molecule has 0 aromatic carbocycles. The lowest BCUT2D eigenvalue weighted by atomic mass is 10.1. The number of hydrogen-bond donors (Lipinski definition) is 1. The highest BCUT2D eigenvalue weighted by molar-refractivity contribution is 7.10. The number of likely N-dealkylation sites (N-methyl/N-ethyl adjacent to an activating group) is 1. The Morgan fingerprint density at radius 3 is 2.65 bits per heavy atom. The van der Waals surface area contributed by atoms with Crippen LogP contribution < -0.4 is 5.32 Å². The molecule has 0 spiro atoms. The fraction of sp³-hybridized carbons (Fsp3) is 0.714. The third-order valence-electron chi connectivity index (χ3n) is 2.78. The number of hydrogen-bond acceptors (Lipinski definition) is 3. The molecule has 0 aliphatic rings. The molecular formula is C14H26N2S. The molecule has 1 heterocycles. The number of nitrogens with zero attached hydrogens (tertiary/aromatic N) is 1. The fourth-order valence-electron chi connectivity index (χ4n) is 1.77. The molecule has 98 valence electrons. The van der Waals surface area contributed by atoms with Gasteiger partial charge in [0.1, 0.15) is 0 Å². The maximum absolute atomic E-state index is 3.52. The van der Waals surface area contributed by atoms with Crippen molar-refractivity contribution in [3.63, 3.8) is 0 Å². The molecule has 2 nitrogen and oxygen atoms in total. The normalized spacial score (nSPS) is 12.4. The predicted molar refractivity (Wildman–Crippen MR) is 77.8 cm³/mol. The van der Waals surface area contributed by atoms with Crippen LogP contribution in [0.3, 0.4) is 0 Å². The van der Waals surface area contributed by atoms with Crippen LogP contribution in [0.4, 0.5) is 0 Å². The van der Waals surface area contributed by atoms with Crippen molar-refractivity contribution in [2.24, 2.45) is 0 Å². The highest BCUT2D eigenvalue weighted by atomic mass is 32.1. The highest BCUT2D eigenvalue weighted by Crippen LogP contribution is 2.18. The van der Waals surface area contributed by atoms with Gasteiger partial charge in [-0.25, -0.2) is 0 Å². The summed E-state index contributed by atoms with van der Waals surface area (Å²) in [6, 6.07) is 2.25. The first-order valence-electron chi connectivity index (χ1n) is 6.41. The highest BCUT2D eigenvalue weighted by Gasteiger charge is 2.09. The fourth-order valence-corrected chi connectivity index (χ4v) is 2.82. The number of rotatable bonds is 6. The molecule has 0 aliphatic heterocycles. The van der Waals surface area contributed by atoms with E-state index in [1.54, 1.807) is 0 Å². The second-order valence-electron chi connectivity index (χ2n) is 5.64. The first-order chi connectivity index (χ1) is 7.92. The molecule has 1 rings (SSSR count). The molecule has 0 bridgehead atoms. The van der Waals surface area contributed by atoms with E-state index < -0.39 is 0 Å². The maximum atomic E-state index is 3.52. The number of aryl methyl sites for hydroxylation is 1. The summed E-state index contributed by atoms with van der Waals surface area (Å²) >= 11 is 1.88. The molecule has 0 atom stereocenters. The summed E-state index contributed by atoms with van der Waals surface area (Å²) in [7, 11) is 2.20. The van der Waals surface area contributed by atoms with E-state index in [4.69, 9.17) is 0 Å². The quantitative estimate of drug-likeness (QED) is 0.839. The van der Waals surface area contributed by atoms with E-state index in [1.807, 2.05) is 11.3 Å². The number of nitrogens with one attached hydrogen (secondary N) is 1. The summed E-state index contributed by atoms with van der Waals surface area (Å²) in [5.41, 5.74) is 1.73. The van der Waals surface area contributed by atoms with Crippen LogP contribution in [0.25, 0.3) is 0 Å². The summed E-state index contributed by atoms with van der Waals surface area (Å²) in [5.74, 6) is 0. The molecule has 0 radical (unpaired) electrons. The molecule has 0 unspecified atom stereocenters. The van der Waals surface area contributed by atoms with Crippen molar-refractivity contribution < 1.29 is 0 Å². The van der Waals surface area contributed by atoms with E-state index >= 15 is 0 Å². The van der Waals surface area contributed by atoms with Gasteiger partial charge in [0.25, 0.3) is 0 Å². The van der Waals surface area contributed by atoms with Crippen molar-refractivity contribution in [3.05, 3.63) is 21.9 Å². The predicted octanol–water partition coefficient (Wildman–Crippen LogP) is 3.13. The van der Waals surface area contributed by atoms with E-state index in [2.05, 4.69) is 56.4 Å². The zero-order valence-electron chi connectivity index (χ0n) is 11.8. The number of thiophene rings is 1. The van der Waals surface area contributed by atoms with Crippen LogP contribution >= 0.6 is 11.3 Å². The van der Waals surface area contributed by atoms with Crippen LogP contribution in [0, 0.1) is 0 Å². The van der Waals surface area contributed by atoms with E-state index in [0.717, 1.165) is 26.1 Å². The van der Waals surface area contributed by atoms with Gasteiger partial charge in [-0.2, -0.15) is 0 Å². The zero-order valence-corrected chi connectivity index (χ0v) is 12.7. The molecule has 0 aliphatic carbocycles. The van der Waals surface area contributed by atoms with Crippen molar-refractivity contribution in [3.8, 4) is 0 Å². The van der Waals surface area contributed by atoms with Gasteiger partial charge < -0.3 is 10.2 Å². The summed E-state index contributed by atoms with van der Waals surface area (Å²) in [4.78, 5) is 3.91. The van der Waals surface area contributed by atoms with Crippen LogP contribution in [0.1, 0.15) is 38.1 Å². The van der Waals surface area contributed by atoms with Gasteiger partial charge in [-0.15, -0.1) is 11.3 Å². The van der Waals surface area contributed by atoms with Gasteiger partial charge in [0.2, 0.25) is 0 Å². The standard InChI is InChI=1S/C14H26N2S/c1-6-12-7-10-17-13(12)11-16(5)9-8-15-14(2,3)4/h7,10,15H,6,8-9,11H2,1-5H3. The van der Waals surface area contributed by atoms with Gasteiger partial charge in [-0.1, -0.05) is 6.92 Å². The third kappa shape index (κ3) is 5.66. The molecule has 1 aromatic rings. The minimum Gasteiger partial charge on any atom is -0.311 e. The Morgan fingerprint density at radius 1 is 1.35 bits per heavy atom. The van der Waals surface area contributed by atoms with Gasteiger partial charge >= 0.3 is 0 Å². The Hall–Kier alpha value is -0.380. The molecule has 17 heavy (non-hydrogen) atoms. The molecule has 1 aromatic heterocycles. The second-order valence-corrected chi connectivity index (χ2v) is 6.64. The summed E-state index contributed by atoms with van der Waals surface area (Å²) in [6.45, 7) is 12.1. The van der Waals surface area contributed by atoms with E-state index in [1.165, 1.54) is 10.4 Å². The van der Waals surface area contributed by atoms with Crippen molar-refractivity contribution in [1.29, 1.82) is 0 Å². The van der Waals surface area contributed by atoms with Gasteiger partial charge in [-0.05, 0) is 51.2 Å². The first-order valence-corrected chi connectivity index (χ1v) is 7.29. The molecule has 0 amide bonds. The van der Waals surface area contributed by atoms with E-state index in [-0.39, 0.29) is 5.54 Å². The Balaban J connectivity index is 2.32. The van der Waals surface area contributed by atoms with Crippen molar-refractivity contribution in [2.75, 3.05) is 20.1 Å². The van der Waals surface area contributed by atoms with E-state index in [9.17, 15) is 0 Å². The van der Waals surface area contributed by atoms with Crippen LogP contribution in [0.15, 0.2) is 11.4 Å². The molecule has 0 saturated heterocycles. The van der Waals surface area contributed by atoms with Crippen LogP contribution in [0.5, 0.6) is 0 Å². The molecular weight excluding hydrogens is 228 g/mol. The largest absolute Gasteiger partial charge is 0.311 e. The first kappa shape index (κ1) is 14.7. The topological polar surface area (TPSA) is 15.3 Å². The van der Waals surface area contributed by atoms with Crippen molar-refractivity contribution in [1.82, 2.24) is 10.2 Å². The molecule has 0 fully saturated rings. The molecule has 3 heteroatoms. The monoisotopic (exact) mass is 254 g/mol. The van der Waals surface area contributed by atoms with Crippen LogP contribution in [-0.2, 0) is 13.0 Å². The minimum atomic E-state index is 0.221. The molecule has 1 N–H and O–H groups in total. The van der Waals surface area contributed by atoms with Crippen LogP contribution in [-0.4, -0.2) is 30.6 Å². The lowest BCUT2D eigenvalue weighted by molar-refractivity contribution is 0.305. The summed E-state index contributed by atoms with van der Waals surface area (Å²) < 4.78 is 0. The smallest absolute Gasteiger partial charge is 0.0328 e. The lowest BCUT2D eigenvalue weighted by Gasteiger charge is -2.23. The Labute approximate surface area is 110 Å². The van der Waals surface area contributed by atoms with Crippen molar-refractivity contribution >= 4 is 11.3 Å². The van der Waals surface area contributed by atoms with Gasteiger partial charge in [-0.3, -0.25) is 0 Å². The average molecular weight is 254 g/mol. The van der Waals surface area contributed by atoms with Gasteiger partial charge in [0.15, 0.2) is 0 Å². The Kier molecular flexibility index (Phi) is 5.63. The third-order valence-corrected chi connectivity index (χ3v) is 3.73. The van der Waals surface area contributed by atoms with Crippen molar-refractivity contribution in [2.45, 2.75) is 46.2 Å². The van der Waals surface area contributed by atoms with E-state index in [0.29, 0.717) is 0 Å². The Bertz CT molecular complexity index is 325. The average Bonchev–Trinajstić information content (AvgIpc) is 2.63. The Morgan fingerprint density at radius 2 is 2.06 bits per heavy atom. The van der Waals surface area contributed by atoms with Gasteiger partial charge in [0.05, 0.1) is 0 Å². The van der Waals surface area contributed by atoms with Gasteiger partial charge in [0, 0.05) is 30.1 Å². The molecule has 0 saturated carbocycles. The zero-order chi connectivity index (χ0) is 12.9. The maximum Gasteiger partial charge on any atom is 0.0328 e.